The molecule has 4 aromatic rings. The number of carbonyl (C=O) groups excluding carboxylic acids is 2. The molecule has 226 valence electrons. The molecule has 2 N–H and O–H groups in total. The van der Waals surface area contributed by atoms with Gasteiger partial charge in [0.2, 0.25) is 29.3 Å². The molecule has 0 fully saturated rings. The Hall–Kier alpha value is -5.27. The van der Waals surface area contributed by atoms with E-state index < -0.39 is 0 Å². The van der Waals surface area contributed by atoms with Crippen molar-refractivity contribution in [3.05, 3.63) is 99.7 Å². The number of nitriles is 1. The van der Waals surface area contributed by atoms with Crippen LogP contribution >= 0.6 is 0 Å². The first-order chi connectivity index (χ1) is 21.3. The van der Waals surface area contributed by atoms with Crippen LogP contribution in [0.15, 0.2) is 60.7 Å². The first kappa shape index (κ1) is 31.7. The number of benzene rings is 2. The summed E-state index contributed by atoms with van der Waals surface area (Å²) in [7, 11) is 2.98. The lowest BCUT2D eigenvalue weighted by atomic mass is 9.90. The molecular weight excluding hydrogens is 558 g/mol. The van der Waals surface area contributed by atoms with Gasteiger partial charge in [-0.25, -0.2) is 4.98 Å². The molecule has 10 heteroatoms. The second-order valence-electron chi connectivity index (χ2n) is 10.0. The summed E-state index contributed by atoms with van der Waals surface area (Å²) < 4.78 is 16.7. The molecule has 2 heterocycles. The van der Waals surface area contributed by atoms with Crippen LogP contribution in [0.25, 0.3) is 11.1 Å². The lowest BCUT2D eigenvalue weighted by Crippen LogP contribution is -2.30. The Bertz CT molecular complexity index is 1710. The summed E-state index contributed by atoms with van der Waals surface area (Å²) in [6.45, 7) is 7.41. The Kier molecular flexibility index (Phi) is 10.6. The average Bonchev–Trinajstić information content (AvgIpc) is 3.03. The zero-order valence-electron chi connectivity index (χ0n) is 25.5. The molecule has 2 aromatic heterocycles. The van der Waals surface area contributed by atoms with Gasteiger partial charge in [-0.05, 0) is 59.9 Å². The third kappa shape index (κ3) is 7.38. The topological polar surface area (TPSA) is 135 Å². The molecule has 0 spiro atoms. The van der Waals surface area contributed by atoms with Crippen molar-refractivity contribution >= 4 is 11.7 Å². The van der Waals surface area contributed by atoms with E-state index in [0.29, 0.717) is 37.0 Å². The van der Waals surface area contributed by atoms with Crippen LogP contribution in [0.4, 0.5) is 0 Å². The van der Waals surface area contributed by atoms with Crippen molar-refractivity contribution in [1.82, 2.24) is 20.6 Å². The van der Waals surface area contributed by atoms with Gasteiger partial charge in [0.15, 0.2) is 0 Å². The predicted molar refractivity (Wildman–Crippen MR) is 166 cm³/mol. The number of amides is 1. The Morgan fingerprint density at radius 3 is 2.27 bits per heavy atom. The fourth-order valence-electron chi connectivity index (χ4n) is 4.80. The summed E-state index contributed by atoms with van der Waals surface area (Å²) in [6, 6.07) is 20.4. The number of aromatic nitrogens is 2. The van der Waals surface area contributed by atoms with Gasteiger partial charge in [0.25, 0.3) is 0 Å². The number of nitrogens with one attached hydrogen (secondary N) is 2. The fourth-order valence-corrected chi connectivity index (χ4v) is 4.80. The molecule has 0 aliphatic heterocycles. The number of carbonyl (C=O) groups is 2. The van der Waals surface area contributed by atoms with Gasteiger partial charge < -0.3 is 24.8 Å². The molecule has 0 unspecified atom stereocenters. The van der Waals surface area contributed by atoms with Crippen molar-refractivity contribution < 1.29 is 23.8 Å². The van der Waals surface area contributed by atoms with Crippen LogP contribution in [0.3, 0.4) is 0 Å². The Balaban J connectivity index is 1.51. The molecule has 4 rings (SSSR count). The minimum Gasteiger partial charge on any atom is -0.481 e. The van der Waals surface area contributed by atoms with Crippen LogP contribution in [-0.2, 0) is 17.9 Å². The number of hydrogen-bond donors (Lipinski definition) is 2. The second-order valence-corrected chi connectivity index (χ2v) is 10.0. The van der Waals surface area contributed by atoms with Gasteiger partial charge in [0, 0.05) is 43.8 Å². The molecule has 0 aliphatic carbocycles. The van der Waals surface area contributed by atoms with E-state index in [1.807, 2.05) is 56.3 Å². The summed E-state index contributed by atoms with van der Waals surface area (Å²) >= 11 is 0. The van der Waals surface area contributed by atoms with E-state index in [1.165, 1.54) is 20.1 Å². The molecule has 0 bridgehead atoms. The summed E-state index contributed by atoms with van der Waals surface area (Å²) in [5.74, 6) is 0.698. The van der Waals surface area contributed by atoms with E-state index in [0.717, 1.165) is 33.4 Å². The quantitative estimate of drug-likeness (QED) is 0.167. The van der Waals surface area contributed by atoms with Crippen molar-refractivity contribution in [3.8, 4) is 34.8 Å². The van der Waals surface area contributed by atoms with Crippen LogP contribution in [0.5, 0.6) is 17.6 Å². The molecule has 10 nitrogen and oxygen atoms in total. The van der Waals surface area contributed by atoms with E-state index in [4.69, 9.17) is 14.2 Å². The predicted octanol–water partition coefficient (Wildman–Crippen LogP) is 4.69. The zero-order chi connectivity index (χ0) is 31.6. The number of nitrogens with zero attached hydrogens (tertiary/aromatic N) is 3. The molecule has 0 saturated carbocycles. The summed E-state index contributed by atoms with van der Waals surface area (Å²) in [4.78, 5) is 33.3. The largest absolute Gasteiger partial charge is 0.481 e. The number of pyridine rings is 2. The third-order valence-electron chi connectivity index (χ3n) is 7.19. The SMILES string of the molecule is COc1nc(C(=O)c2cccc(-c3cccc(COc4ccc(CNCCNC(C)=O)c(OC)n4)c3C)c2C)ccc1C#N. The molecule has 0 aliphatic rings. The lowest BCUT2D eigenvalue weighted by molar-refractivity contribution is -0.118. The van der Waals surface area contributed by atoms with E-state index in [1.54, 1.807) is 25.3 Å². The van der Waals surface area contributed by atoms with Crippen molar-refractivity contribution in [2.45, 2.75) is 33.9 Å². The van der Waals surface area contributed by atoms with Crippen molar-refractivity contribution in [1.29, 1.82) is 5.26 Å². The fraction of sp³-hybridized carbons (Fsp3) is 0.265. The van der Waals surface area contributed by atoms with E-state index in [2.05, 4.69) is 20.6 Å². The van der Waals surface area contributed by atoms with Crippen molar-refractivity contribution in [2.24, 2.45) is 0 Å². The summed E-state index contributed by atoms with van der Waals surface area (Å²) in [5.41, 5.74) is 6.57. The normalized spacial score (nSPS) is 10.5. The minimum absolute atomic E-state index is 0.0642. The first-order valence-electron chi connectivity index (χ1n) is 14.1. The molecular formula is C34H35N5O5. The van der Waals surface area contributed by atoms with Crippen LogP contribution in [0.1, 0.15) is 50.8 Å². The Morgan fingerprint density at radius 2 is 1.57 bits per heavy atom. The minimum atomic E-state index is -0.254. The maximum Gasteiger partial charge on any atom is 0.232 e. The van der Waals surface area contributed by atoms with Gasteiger partial charge >= 0.3 is 0 Å². The number of ether oxygens (including phenoxy) is 3. The second kappa shape index (κ2) is 14.8. The Labute approximate surface area is 257 Å². The van der Waals surface area contributed by atoms with Crippen LogP contribution in [0, 0.1) is 25.2 Å². The number of hydrogen-bond acceptors (Lipinski definition) is 9. The summed E-state index contributed by atoms with van der Waals surface area (Å²) in [5, 5.41) is 15.3. The Morgan fingerprint density at radius 1 is 0.841 bits per heavy atom. The third-order valence-corrected chi connectivity index (χ3v) is 7.19. The van der Waals surface area contributed by atoms with Crippen LogP contribution in [-0.4, -0.2) is 49.0 Å². The van der Waals surface area contributed by atoms with Gasteiger partial charge in [-0.2, -0.15) is 10.2 Å². The monoisotopic (exact) mass is 593 g/mol. The number of rotatable bonds is 13. The van der Waals surface area contributed by atoms with Gasteiger partial charge in [0.1, 0.15) is 23.9 Å². The zero-order valence-corrected chi connectivity index (χ0v) is 25.5. The van der Waals surface area contributed by atoms with Gasteiger partial charge in [-0.3, -0.25) is 9.59 Å². The number of methoxy groups -OCH3 is 2. The molecule has 0 radical (unpaired) electrons. The molecule has 1 amide bonds. The molecule has 0 atom stereocenters. The standard InChI is InChI=1S/C34H35N5O5/c1-21-26(20-44-31-15-13-25(34(39-31)43-5)19-36-16-17-37-23(3)40)8-6-9-27(21)28-10-7-11-29(22(28)2)32(41)30-14-12-24(18-35)33(38-30)42-4/h6-15,36H,16-17,19-20H2,1-5H3,(H,37,40). The highest BCUT2D eigenvalue weighted by Crippen LogP contribution is 2.32. The van der Waals surface area contributed by atoms with E-state index in [9.17, 15) is 14.9 Å². The highest BCUT2D eigenvalue weighted by Gasteiger charge is 2.19. The highest BCUT2D eigenvalue weighted by atomic mass is 16.5. The van der Waals surface area contributed by atoms with Gasteiger partial charge in [-0.15, -0.1) is 0 Å². The van der Waals surface area contributed by atoms with Gasteiger partial charge in [-0.1, -0.05) is 36.4 Å². The van der Waals surface area contributed by atoms with Crippen molar-refractivity contribution in [3.63, 3.8) is 0 Å². The smallest absolute Gasteiger partial charge is 0.232 e. The molecule has 2 aromatic carbocycles. The maximum absolute atomic E-state index is 13.5. The van der Waals surface area contributed by atoms with Crippen molar-refractivity contribution in [2.75, 3.05) is 27.3 Å². The lowest BCUT2D eigenvalue weighted by Gasteiger charge is -2.16. The van der Waals surface area contributed by atoms with Crippen LogP contribution < -0.4 is 24.8 Å². The van der Waals surface area contributed by atoms with E-state index >= 15 is 0 Å². The summed E-state index contributed by atoms with van der Waals surface area (Å²) in [6.07, 6.45) is 0. The first-order valence-corrected chi connectivity index (χ1v) is 14.1. The highest BCUT2D eigenvalue weighted by molar-refractivity contribution is 6.09. The van der Waals surface area contributed by atoms with E-state index in [-0.39, 0.29) is 35.4 Å². The average molecular weight is 594 g/mol. The number of ketones is 1. The molecule has 44 heavy (non-hydrogen) atoms. The maximum atomic E-state index is 13.5. The molecule has 0 saturated heterocycles. The van der Waals surface area contributed by atoms with Crippen LogP contribution in [0.2, 0.25) is 0 Å². The van der Waals surface area contributed by atoms with Gasteiger partial charge in [0.05, 0.1) is 14.2 Å².